The molecule has 3 rings (SSSR count). The van der Waals surface area contributed by atoms with Crippen LogP contribution in [0.4, 0.5) is 0 Å². The monoisotopic (exact) mass is 388 g/mol. The van der Waals surface area contributed by atoms with E-state index in [1.54, 1.807) is 12.1 Å². The summed E-state index contributed by atoms with van der Waals surface area (Å²) in [5, 5.41) is 0. The third kappa shape index (κ3) is 3.22. The Morgan fingerprint density at radius 3 is 2.67 bits per heavy atom. The molecule has 1 aliphatic rings. The van der Waals surface area contributed by atoms with Crippen LogP contribution in [-0.4, -0.2) is 23.7 Å². The Bertz CT molecular complexity index is 770. The van der Waals surface area contributed by atoms with Gasteiger partial charge in [0.15, 0.2) is 5.78 Å². The Labute approximate surface area is 148 Å². The summed E-state index contributed by atoms with van der Waals surface area (Å²) in [4.78, 5) is 24.4. The second-order valence-corrected chi connectivity index (χ2v) is 6.71. The lowest BCUT2D eigenvalue weighted by Crippen LogP contribution is -2.25. The highest BCUT2D eigenvalue weighted by Gasteiger charge is 2.31. The zero-order valence-corrected chi connectivity index (χ0v) is 14.8. The highest BCUT2D eigenvalue weighted by atomic mass is 79.9. The number of halogens is 1. The number of carbonyl (C=O) groups is 2. The minimum absolute atomic E-state index is 0.00369. The highest BCUT2D eigenvalue weighted by Crippen LogP contribution is 2.34. The average Bonchev–Trinajstić information content (AvgIpc) is 2.62. The lowest BCUT2D eigenvalue weighted by Gasteiger charge is -2.23. The number of rotatable bonds is 4. The fraction of sp³-hybridized carbons (Fsp3) is 0.263. The lowest BCUT2D eigenvalue weighted by molar-refractivity contribution is 0.0594. The number of alkyl halides is 1. The normalized spacial score (nSPS) is 16.4. The smallest absolute Gasteiger partial charge is 0.341 e. The van der Waals surface area contributed by atoms with Gasteiger partial charge in [0, 0.05) is 5.56 Å². The van der Waals surface area contributed by atoms with Crippen molar-refractivity contribution in [2.75, 3.05) is 7.11 Å². The Kier molecular flexibility index (Phi) is 5.00. The molecule has 2 aromatic carbocycles. The summed E-state index contributed by atoms with van der Waals surface area (Å²) >= 11 is 3.39. The first-order valence-electron chi connectivity index (χ1n) is 7.71. The molecular weight excluding hydrogens is 372 g/mol. The summed E-state index contributed by atoms with van der Waals surface area (Å²) in [6.07, 6.45) is 1.28. The number of Topliss-reactive ketones (excluding diaryl/α,β-unsaturated/α-hetero) is 1. The number of carbonyl (C=O) groups excluding carboxylic acids is 2. The van der Waals surface area contributed by atoms with Gasteiger partial charge < -0.3 is 9.47 Å². The van der Waals surface area contributed by atoms with Crippen LogP contribution < -0.4 is 4.74 Å². The van der Waals surface area contributed by atoms with Crippen LogP contribution in [0.1, 0.15) is 38.3 Å². The molecule has 1 aliphatic carbocycles. The lowest BCUT2D eigenvalue weighted by atomic mass is 9.86. The van der Waals surface area contributed by atoms with Crippen molar-refractivity contribution in [2.24, 2.45) is 0 Å². The zero-order chi connectivity index (χ0) is 17.1. The molecule has 124 valence electrons. The van der Waals surface area contributed by atoms with Gasteiger partial charge in [0.2, 0.25) is 0 Å². The Balaban J connectivity index is 1.97. The summed E-state index contributed by atoms with van der Waals surface area (Å²) in [5.41, 5.74) is 2.64. The van der Waals surface area contributed by atoms with E-state index in [1.807, 2.05) is 30.3 Å². The van der Waals surface area contributed by atoms with Crippen molar-refractivity contribution < 1.29 is 19.1 Å². The van der Waals surface area contributed by atoms with Gasteiger partial charge in [-0.3, -0.25) is 4.79 Å². The van der Waals surface area contributed by atoms with E-state index in [0.717, 1.165) is 5.56 Å². The maximum atomic E-state index is 12.3. The first-order chi connectivity index (χ1) is 11.6. The molecule has 4 nitrogen and oxygen atoms in total. The van der Waals surface area contributed by atoms with Gasteiger partial charge in [0.05, 0.1) is 11.9 Å². The van der Waals surface area contributed by atoms with E-state index < -0.39 is 5.97 Å². The molecule has 0 aliphatic heterocycles. The summed E-state index contributed by atoms with van der Waals surface area (Å²) in [7, 11) is 1.33. The van der Waals surface area contributed by atoms with Crippen LogP contribution >= 0.6 is 15.9 Å². The fourth-order valence-electron chi connectivity index (χ4n) is 2.87. The molecule has 0 N–H and O–H groups in total. The quantitative estimate of drug-likeness (QED) is 0.587. The number of ether oxygens (including phenoxy) is 2. The van der Waals surface area contributed by atoms with Crippen LogP contribution in [0.2, 0.25) is 0 Å². The van der Waals surface area contributed by atoms with Crippen molar-refractivity contribution in [2.45, 2.75) is 24.3 Å². The number of ketones is 1. The second-order valence-electron chi connectivity index (χ2n) is 5.60. The van der Waals surface area contributed by atoms with Gasteiger partial charge in [-0.1, -0.05) is 46.3 Å². The standard InChI is InChI=1S/C19H17BrO4/c1-23-19(22)17-13-7-9-15(20)18(21)14(13)8-10-16(17)24-11-12-5-3-2-4-6-12/h2-6,8,10,15H,7,9,11H2,1H3. The van der Waals surface area contributed by atoms with Gasteiger partial charge >= 0.3 is 5.97 Å². The summed E-state index contributed by atoms with van der Waals surface area (Å²) in [5.74, 6) is -0.0305. The molecule has 0 bridgehead atoms. The van der Waals surface area contributed by atoms with Crippen LogP contribution in [0.3, 0.4) is 0 Å². The Hall–Kier alpha value is -2.14. The fourth-order valence-corrected chi connectivity index (χ4v) is 3.34. The van der Waals surface area contributed by atoms with Crippen LogP contribution in [0.25, 0.3) is 0 Å². The maximum absolute atomic E-state index is 12.3. The molecule has 0 saturated carbocycles. The van der Waals surface area contributed by atoms with Crippen molar-refractivity contribution in [3.05, 3.63) is 64.7 Å². The predicted molar refractivity (Wildman–Crippen MR) is 93.9 cm³/mol. The third-order valence-electron chi connectivity index (χ3n) is 4.10. The van der Waals surface area contributed by atoms with Crippen molar-refractivity contribution in [3.63, 3.8) is 0 Å². The molecular formula is C19H17BrO4. The molecule has 0 radical (unpaired) electrons. The molecule has 2 aromatic rings. The van der Waals surface area contributed by atoms with Crippen LogP contribution in [0, 0.1) is 0 Å². The van der Waals surface area contributed by atoms with Crippen molar-refractivity contribution in [1.29, 1.82) is 0 Å². The van der Waals surface area contributed by atoms with E-state index in [0.29, 0.717) is 41.9 Å². The minimum Gasteiger partial charge on any atom is -0.488 e. The second kappa shape index (κ2) is 7.18. The van der Waals surface area contributed by atoms with Gasteiger partial charge in [-0.05, 0) is 36.1 Å². The van der Waals surface area contributed by atoms with Crippen LogP contribution in [-0.2, 0) is 17.8 Å². The molecule has 24 heavy (non-hydrogen) atoms. The molecule has 0 heterocycles. The van der Waals surface area contributed by atoms with Gasteiger partial charge in [-0.25, -0.2) is 4.79 Å². The number of hydrogen-bond acceptors (Lipinski definition) is 4. The molecule has 5 heteroatoms. The summed E-state index contributed by atoms with van der Waals surface area (Å²) < 4.78 is 10.8. The molecule has 0 aromatic heterocycles. The first kappa shape index (κ1) is 16.7. The van der Waals surface area contributed by atoms with Crippen molar-refractivity contribution in [1.82, 2.24) is 0 Å². The number of esters is 1. The Morgan fingerprint density at radius 2 is 1.96 bits per heavy atom. The predicted octanol–water partition coefficient (Wildman–Crippen LogP) is 3.94. The van der Waals surface area contributed by atoms with E-state index in [1.165, 1.54) is 7.11 Å². The number of hydrogen-bond donors (Lipinski definition) is 0. The Morgan fingerprint density at radius 1 is 1.21 bits per heavy atom. The maximum Gasteiger partial charge on any atom is 0.341 e. The molecule has 0 amide bonds. The molecule has 0 saturated heterocycles. The zero-order valence-electron chi connectivity index (χ0n) is 13.3. The van der Waals surface area contributed by atoms with Crippen LogP contribution in [0.5, 0.6) is 5.75 Å². The van der Waals surface area contributed by atoms with Crippen molar-refractivity contribution >= 4 is 27.7 Å². The number of methoxy groups -OCH3 is 1. The first-order valence-corrected chi connectivity index (χ1v) is 8.62. The SMILES string of the molecule is COC(=O)c1c(OCc2ccccc2)ccc2c1CCC(Br)C2=O. The molecule has 0 spiro atoms. The highest BCUT2D eigenvalue weighted by molar-refractivity contribution is 9.10. The minimum atomic E-state index is -0.476. The van der Waals surface area contributed by atoms with E-state index in [9.17, 15) is 9.59 Å². The van der Waals surface area contributed by atoms with E-state index >= 15 is 0 Å². The number of benzene rings is 2. The van der Waals surface area contributed by atoms with E-state index in [4.69, 9.17) is 9.47 Å². The molecule has 0 fully saturated rings. The van der Waals surface area contributed by atoms with E-state index in [2.05, 4.69) is 15.9 Å². The largest absolute Gasteiger partial charge is 0.488 e. The van der Waals surface area contributed by atoms with Gasteiger partial charge in [0.1, 0.15) is 17.9 Å². The average molecular weight is 389 g/mol. The number of fused-ring (bicyclic) bond motifs is 1. The van der Waals surface area contributed by atoms with Crippen molar-refractivity contribution in [3.8, 4) is 5.75 Å². The van der Waals surface area contributed by atoms with Gasteiger partial charge in [0.25, 0.3) is 0 Å². The van der Waals surface area contributed by atoms with E-state index in [-0.39, 0.29) is 10.6 Å². The van der Waals surface area contributed by atoms with Crippen LogP contribution in [0.15, 0.2) is 42.5 Å². The topological polar surface area (TPSA) is 52.6 Å². The summed E-state index contributed by atoms with van der Waals surface area (Å²) in [6.45, 7) is 0.346. The van der Waals surface area contributed by atoms with Gasteiger partial charge in [-0.15, -0.1) is 0 Å². The third-order valence-corrected chi connectivity index (χ3v) is 4.97. The molecule has 1 unspecified atom stereocenters. The van der Waals surface area contributed by atoms with Gasteiger partial charge in [-0.2, -0.15) is 0 Å². The molecule has 1 atom stereocenters. The summed E-state index contributed by atoms with van der Waals surface area (Å²) in [6, 6.07) is 13.1.